The largest absolute Gasteiger partial charge is 0.496 e. The molecule has 1 aromatic carbocycles. The second-order valence-electron chi connectivity index (χ2n) is 4.26. The Morgan fingerprint density at radius 2 is 2.26 bits per heavy atom. The number of likely N-dealkylation sites (N-methyl/N-ethyl adjacent to an activating group) is 1. The van der Waals surface area contributed by atoms with Gasteiger partial charge >= 0.3 is 0 Å². The summed E-state index contributed by atoms with van der Waals surface area (Å²) < 4.78 is 30.3. The third-order valence-electron chi connectivity index (χ3n) is 3.13. The molecule has 1 N–H and O–H groups in total. The Morgan fingerprint density at radius 1 is 1.47 bits per heavy atom. The predicted octanol–water partition coefficient (Wildman–Crippen LogP) is 2.27. The molecule has 19 heavy (non-hydrogen) atoms. The molecule has 0 bridgehead atoms. The lowest BCUT2D eigenvalue weighted by Gasteiger charge is -2.31. The van der Waals surface area contributed by atoms with Crippen LogP contribution >= 0.6 is 15.9 Å². The number of hydrogen-bond acceptors (Lipinski definition) is 4. The SMILES string of the molecule is CNC(c1cc(Br)c(F)cc1OC)C1COCCO1. The number of nitrogens with one attached hydrogen (secondary N) is 1. The molecule has 2 rings (SSSR count). The Balaban J connectivity index is 2.33. The van der Waals surface area contributed by atoms with E-state index in [-0.39, 0.29) is 18.0 Å². The summed E-state index contributed by atoms with van der Waals surface area (Å²) in [5.41, 5.74) is 0.841. The van der Waals surface area contributed by atoms with E-state index in [2.05, 4.69) is 21.2 Å². The van der Waals surface area contributed by atoms with Crippen LogP contribution in [0.4, 0.5) is 4.39 Å². The topological polar surface area (TPSA) is 39.7 Å². The number of methoxy groups -OCH3 is 1. The van der Waals surface area contributed by atoms with Crippen LogP contribution in [-0.4, -0.2) is 40.1 Å². The quantitative estimate of drug-likeness (QED) is 0.917. The van der Waals surface area contributed by atoms with Gasteiger partial charge in [-0.1, -0.05) is 0 Å². The Kier molecular flexibility index (Phi) is 5.15. The van der Waals surface area contributed by atoms with E-state index in [1.807, 2.05) is 7.05 Å². The van der Waals surface area contributed by atoms with Crippen molar-refractivity contribution in [2.75, 3.05) is 34.0 Å². The summed E-state index contributed by atoms with van der Waals surface area (Å²) in [6, 6.07) is 2.97. The van der Waals surface area contributed by atoms with E-state index in [4.69, 9.17) is 14.2 Å². The summed E-state index contributed by atoms with van der Waals surface area (Å²) in [6.07, 6.45) is -0.120. The molecule has 0 spiro atoms. The summed E-state index contributed by atoms with van der Waals surface area (Å²) >= 11 is 3.20. The first-order valence-corrected chi connectivity index (χ1v) is 6.86. The standard InChI is InChI=1S/C13H17BrFNO3/c1-16-13(12-7-18-3-4-19-12)8-5-9(14)10(15)6-11(8)17-2/h5-6,12-13,16H,3-4,7H2,1-2H3. The van der Waals surface area contributed by atoms with Crippen LogP contribution in [0.1, 0.15) is 11.6 Å². The molecule has 2 unspecified atom stereocenters. The normalized spacial score (nSPS) is 21.2. The molecule has 0 saturated carbocycles. The molecule has 106 valence electrons. The van der Waals surface area contributed by atoms with Gasteiger partial charge in [0.05, 0.1) is 37.4 Å². The molecule has 6 heteroatoms. The highest BCUT2D eigenvalue weighted by molar-refractivity contribution is 9.10. The number of rotatable bonds is 4. The average Bonchev–Trinajstić information content (AvgIpc) is 2.44. The van der Waals surface area contributed by atoms with Crippen LogP contribution in [0.3, 0.4) is 0 Å². The number of ether oxygens (including phenoxy) is 3. The molecule has 4 nitrogen and oxygen atoms in total. The molecule has 0 aromatic heterocycles. The Labute approximate surface area is 120 Å². The van der Waals surface area contributed by atoms with Gasteiger partial charge < -0.3 is 19.5 Å². The maximum Gasteiger partial charge on any atom is 0.141 e. The number of benzene rings is 1. The first-order chi connectivity index (χ1) is 9.17. The van der Waals surface area contributed by atoms with Gasteiger partial charge in [0, 0.05) is 11.6 Å². The van der Waals surface area contributed by atoms with Gasteiger partial charge in [-0.15, -0.1) is 0 Å². The van der Waals surface area contributed by atoms with Crippen molar-refractivity contribution < 1.29 is 18.6 Å². The monoisotopic (exact) mass is 333 g/mol. The molecule has 0 radical (unpaired) electrons. The molecule has 1 aliphatic heterocycles. The fourth-order valence-corrected chi connectivity index (χ4v) is 2.57. The van der Waals surface area contributed by atoms with Gasteiger partial charge in [0.2, 0.25) is 0 Å². The smallest absolute Gasteiger partial charge is 0.141 e. The van der Waals surface area contributed by atoms with Gasteiger partial charge in [-0.05, 0) is 29.0 Å². The van der Waals surface area contributed by atoms with E-state index < -0.39 is 0 Å². The molecular weight excluding hydrogens is 317 g/mol. The zero-order valence-electron chi connectivity index (χ0n) is 10.9. The van der Waals surface area contributed by atoms with E-state index in [1.54, 1.807) is 6.07 Å². The highest BCUT2D eigenvalue weighted by atomic mass is 79.9. The van der Waals surface area contributed by atoms with Crippen molar-refractivity contribution in [3.05, 3.63) is 28.0 Å². The maximum atomic E-state index is 13.6. The highest BCUT2D eigenvalue weighted by Crippen LogP contribution is 2.33. The number of halogens is 2. The molecule has 1 aliphatic rings. The summed E-state index contributed by atoms with van der Waals surface area (Å²) in [5, 5.41) is 3.18. The Morgan fingerprint density at radius 3 is 2.84 bits per heavy atom. The zero-order valence-corrected chi connectivity index (χ0v) is 12.5. The summed E-state index contributed by atoms with van der Waals surface area (Å²) in [6.45, 7) is 1.67. The molecule has 1 aromatic rings. The third kappa shape index (κ3) is 3.25. The van der Waals surface area contributed by atoms with Gasteiger partial charge in [-0.2, -0.15) is 0 Å². The maximum absolute atomic E-state index is 13.6. The van der Waals surface area contributed by atoms with Crippen LogP contribution in [0, 0.1) is 5.82 Å². The molecule has 1 heterocycles. The van der Waals surface area contributed by atoms with Crippen molar-refractivity contribution in [1.82, 2.24) is 5.32 Å². The average molecular weight is 334 g/mol. The third-order valence-corrected chi connectivity index (χ3v) is 3.74. The van der Waals surface area contributed by atoms with Crippen molar-refractivity contribution >= 4 is 15.9 Å². The first kappa shape index (κ1) is 14.7. The molecule has 0 amide bonds. The van der Waals surface area contributed by atoms with Gasteiger partial charge in [-0.25, -0.2) is 4.39 Å². The van der Waals surface area contributed by atoms with Crippen molar-refractivity contribution in [1.29, 1.82) is 0 Å². The zero-order chi connectivity index (χ0) is 13.8. The van der Waals surface area contributed by atoms with Crippen molar-refractivity contribution in [3.8, 4) is 5.75 Å². The fraction of sp³-hybridized carbons (Fsp3) is 0.538. The van der Waals surface area contributed by atoms with Gasteiger partial charge in [0.15, 0.2) is 0 Å². The highest BCUT2D eigenvalue weighted by Gasteiger charge is 2.28. The lowest BCUT2D eigenvalue weighted by Crippen LogP contribution is -2.39. The Bertz CT molecular complexity index is 438. The predicted molar refractivity (Wildman–Crippen MR) is 73.0 cm³/mol. The lowest BCUT2D eigenvalue weighted by atomic mass is 10.00. The second-order valence-corrected chi connectivity index (χ2v) is 5.11. The van der Waals surface area contributed by atoms with Gasteiger partial charge in [-0.3, -0.25) is 0 Å². The molecule has 1 fully saturated rings. The van der Waals surface area contributed by atoms with Crippen LogP contribution in [0.15, 0.2) is 16.6 Å². The summed E-state index contributed by atoms with van der Waals surface area (Å²) in [7, 11) is 3.36. The van der Waals surface area contributed by atoms with Crippen LogP contribution in [0.2, 0.25) is 0 Å². The van der Waals surface area contributed by atoms with Crippen molar-refractivity contribution in [2.45, 2.75) is 12.1 Å². The van der Waals surface area contributed by atoms with E-state index in [1.165, 1.54) is 13.2 Å². The van der Waals surface area contributed by atoms with E-state index in [0.717, 1.165) is 5.56 Å². The van der Waals surface area contributed by atoms with Crippen LogP contribution in [0.5, 0.6) is 5.75 Å². The van der Waals surface area contributed by atoms with Gasteiger partial charge in [0.1, 0.15) is 17.7 Å². The number of hydrogen-bond donors (Lipinski definition) is 1. The fourth-order valence-electron chi connectivity index (χ4n) is 2.20. The minimum absolute atomic E-state index is 0.118. The van der Waals surface area contributed by atoms with Crippen molar-refractivity contribution in [2.24, 2.45) is 0 Å². The molecule has 1 saturated heterocycles. The summed E-state index contributed by atoms with van der Waals surface area (Å²) in [5.74, 6) is 0.144. The summed E-state index contributed by atoms with van der Waals surface area (Å²) in [4.78, 5) is 0. The second kappa shape index (κ2) is 6.65. The van der Waals surface area contributed by atoms with E-state index in [0.29, 0.717) is 30.0 Å². The minimum atomic E-state index is -0.351. The van der Waals surface area contributed by atoms with Crippen LogP contribution in [-0.2, 0) is 9.47 Å². The Hall–Kier alpha value is -0.690. The van der Waals surface area contributed by atoms with Gasteiger partial charge in [0.25, 0.3) is 0 Å². The lowest BCUT2D eigenvalue weighted by molar-refractivity contribution is -0.102. The minimum Gasteiger partial charge on any atom is -0.496 e. The van der Waals surface area contributed by atoms with Crippen LogP contribution < -0.4 is 10.1 Å². The first-order valence-electron chi connectivity index (χ1n) is 6.07. The molecule has 0 aliphatic carbocycles. The van der Waals surface area contributed by atoms with E-state index >= 15 is 0 Å². The molecular formula is C13H17BrFNO3. The van der Waals surface area contributed by atoms with E-state index in [9.17, 15) is 4.39 Å². The van der Waals surface area contributed by atoms with Crippen molar-refractivity contribution in [3.63, 3.8) is 0 Å². The van der Waals surface area contributed by atoms with Crippen LogP contribution in [0.25, 0.3) is 0 Å². The molecule has 2 atom stereocenters.